The normalized spacial score (nSPS) is 9.87. The van der Waals surface area contributed by atoms with E-state index in [1.165, 1.54) is 0 Å². The average molecular weight is 218 g/mol. The first-order valence-corrected chi connectivity index (χ1v) is 4.83. The molecule has 2 aromatic rings. The summed E-state index contributed by atoms with van der Waals surface area (Å²) in [6, 6.07) is 9.51. The SMILES string of the molecule is N#CCn1ccnc1-c1cccc(Cl)c1. The quantitative estimate of drug-likeness (QED) is 0.776. The first kappa shape index (κ1) is 9.75. The Hall–Kier alpha value is -1.79. The van der Waals surface area contributed by atoms with Gasteiger partial charge in [-0.15, -0.1) is 0 Å². The minimum atomic E-state index is 0.293. The van der Waals surface area contributed by atoms with Crippen LogP contribution in [0.15, 0.2) is 36.7 Å². The van der Waals surface area contributed by atoms with E-state index in [1.807, 2.05) is 24.3 Å². The van der Waals surface area contributed by atoms with Crippen molar-refractivity contribution in [2.24, 2.45) is 0 Å². The molecule has 0 unspecified atom stereocenters. The zero-order valence-electron chi connectivity index (χ0n) is 7.89. The fourth-order valence-electron chi connectivity index (χ4n) is 1.40. The minimum Gasteiger partial charge on any atom is -0.317 e. The number of rotatable bonds is 2. The van der Waals surface area contributed by atoms with E-state index in [0.29, 0.717) is 11.6 Å². The Morgan fingerprint density at radius 2 is 2.33 bits per heavy atom. The number of hydrogen-bond acceptors (Lipinski definition) is 2. The van der Waals surface area contributed by atoms with Gasteiger partial charge in [-0.1, -0.05) is 23.7 Å². The number of hydrogen-bond donors (Lipinski definition) is 0. The molecule has 0 aliphatic carbocycles. The topological polar surface area (TPSA) is 41.6 Å². The Balaban J connectivity index is 2.45. The highest BCUT2D eigenvalue weighted by Crippen LogP contribution is 2.20. The maximum atomic E-state index is 8.64. The number of halogens is 1. The van der Waals surface area contributed by atoms with Gasteiger partial charge in [-0.05, 0) is 12.1 Å². The molecule has 0 saturated heterocycles. The summed E-state index contributed by atoms with van der Waals surface area (Å²) in [6.07, 6.45) is 3.45. The molecule has 0 N–H and O–H groups in total. The average Bonchev–Trinajstić information content (AvgIpc) is 2.66. The number of benzene rings is 1. The molecule has 1 aromatic carbocycles. The highest BCUT2D eigenvalue weighted by atomic mass is 35.5. The number of nitriles is 1. The maximum Gasteiger partial charge on any atom is 0.140 e. The van der Waals surface area contributed by atoms with Crippen molar-refractivity contribution in [2.75, 3.05) is 0 Å². The van der Waals surface area contributed by atoms with Crippen molar-refractivity contribution in [2.45, 2.75) is 6.54 Å². The Kier molecular flexibility index (Phi) is 2.70. The fraction of sp³-hybridized carbons (Fsp3) is 0.0909. The molecular formula is C11H8ClN3. The molecule has 2 rings (SSSR count). The van der Waals surface area contributed by atoms with Crippen molar-refractivity contribution in [3.05, 3.63) is 41.7 Å². The molecule has 74 valence electrons. The second-order valence-corrected chi connectivity index (χ2v) is 3.48. The highest BCUT2D eigenvalue weighted by molar-refractivity contribution is 6.30. The third-order valence-electron chi connectivity index (χ3n) is 2.04. The zero-order valence-corrected chi connectivity index (χ0v) is 8.65. The molecule has 0 aliphatic rings. The monoisotopic (exact) mass is 217 g/mol. The molecular weight excluding hydrogens is 210 g/mol. The summed E-state index contributed by atoms with van der Waals surface area (Å²) in [4.78, 5) is 4.20. The van der Waals surface area contributed by atoms with Crippen LogP contribution < -0.4 is 0 Å². The van der Waals surface area contributed by atoms with E-state index in [-0.39, 0.29) is 0 Å². The molecule has 0 spiro atoms. The van der Waals surface area contributed by atoms with E-state index in [1.54, 1.807) is 17.0 Å². The summed E-state index contributed by atoms with van der Waals surface area (Å²) in [5, 5.41) is 9.31. The lowest BCUT2D eigenvalue weighted by molar-refractivity contribution is 0.841. The van der Waals surface area contributed by atoms with E-state index < -0.39 is 0 Å². The van der Waals surface area contributed by atoms with E-state index in [2.05, 4.69) is 11.1 Å². The Labute approximate surface area is 92.6 Å². The van der Waals surface area contributed by atoms with Crippen LogP contribution in [-0.2, 0) is 6.54 Å². The zero-order chi connectivity index (χ0) is 10.7. The molecule has 0 saturated carbocycles. The maximum absolute atomic E-state index is 8.64. The van der Waals surface area contributed by atoms with Crippen LogP contribution in [0.25, 0.3) is 11.4 Å². The van der Waals surface area contributed by atoms with Gasteiger partial charge in [-0.2, -0.15) is 5.26 Å². The second kappa shape index (κ2) is 4.16. The van der Waals surface area contributed by atoms with Crippen molar-refractivity contribution < 1.29 is 0 Å². The van der Waals surface area contributed by atoms with Crippen LogP contribution in [0.5, 0.6) is 0 Å². The van der Waals surface area contributed by atoms with Crippen molar-refractivity contribution >= 4 is 11.6 Å². The largest absolute Gasteiger partial charge is 0.317 e. The van der Waals surface area contributed by atoms with Crippen molar-refractivity contribution in [3.8, 4) is 17.5 Å². The predicted molar refractivity (Wildman–Crippen MR) is 58.3 cm³/mol. The molecule has 4 heteroatoms. The smallest absolute Gasteiger partial charge is 0.140 e. The molecule has 0 amide bonds. The second-order valence-electron chi connectivity index (χ2n) is 3.05. The van der Waals surface area contributed by atoms with Gasteiger partial charge >= 0.3 is 0 Å². The van der Waals surface area contributed by atoms with Crippen LogP contribution >= 0.6 is 11.6 Å². The fourth-order valence-corrected chi connectivity index (χ4v) is 1.59. The summed E-state index contributed by atoms with van der Waals surface area (Å²) in [5.41, 5.74) is 0.919. The molecule has 0 aliphatic heterocycles. The van der Waals surface area contributed by atoms with Gasteiger partial charge < -0.3 is 4.57 Å². The molecule has 15 heavy (non-hydrogen) atoms. The van der Waals surface area contributed by atoms with E-state index >= 15 is 0 Å². The lowest BCUT2D eigenvalue weighted by atomic mass is 10.2. The van der Waals surface area contributed by atoms with Crippen LogP contribution in [0.1, 0.15) is 0 Å². The van der Waals surface area contributed by atoms with Crippen molar-refractivity contribution in [1.29, 1.82) is 5.26 Å². The number of nitrogens with zero attached hydrogens (tertiary/aromatic N) is 3. The molecule has 0 bridgehead atoms. The van der Waals surface area contributed by atoms with Gasteiger partial charge in [-0.3, -0.25) is 0 Å². The lowest BCUT2D eigenvalue weighted by Gasteiger charge is -2.03. The minimum absolute atomic E-state index is 0.293. The summed E-state index contributed by atoms with van der Waals surface area (Å²) < 4.78 is 1.78. The third kappa shape index (κ3) is 2.00. The molecule has 0 fully saturated rings. The van der Waals surface area contributed by atoms with Gasteiger partial charge in [0.2, 0.25) is 0 Å². The van der Waals surface area contributed by atoms with E-state index in [0.717, 1.165) is 11.4 Å². The highest BCUT2D eigenvalue weighted by Gasteiger charge is 2.05. The number of imidazole rings is 1. The van der Waals surface area contributed by atoms with Crippen molar-refractivity contribution in [1.82, 2.24) is 9.55 Å². The van der Waals surface area contributed by atoms with Crippen LogP contribution in [0.4, 0.5) is 0 Å². The van der Waals surface area contributed by atoms with Gasteiger partial charge in [0.15, 0.2) is 0 Å². The van der Waals surface area contributed by atoms with E-state index in [9.17, 15) is 0 Å². The summed E-state index contributed by atoms with van der Waals surface area (Å²) >= 11 is 5.89. The molecule has 3 nitrogen and oxygen atoms in total. The Morgan fingerprint density at radius 3 is 3.07 bits per heavy atom. The molecule has 1 aromatic heterocycles. The van der Waals surface area contributed by atoms with Crippen molar-refractivity contribution in [3.63, 3.8) is 0 Å². The molecule has 0 radical (unpaired) electrons. The standard InChI is InChI=1S/C11H8ClN3/c12-10-3-1-2-9(8-10)11-14-5-7-15(11)6-4-13/h1-3,5,7-8H,6H2. The summed E-state index contributed by atoms with van der Waals surface area (Å²) in [5.74, 6) is 0.763. The van der Waals surface area contributed by atoms with Gasteiger partial charge in [0, 0.05) is 23.0 Å². The van der Waals surface area contributed by atoms with Crippen LogP contribution in [0.3, 0.4) is 0 Å². The van der Waals surface area contributed by atoms with E-state index in [4.69, 9.17) is 16.9 Å². The first-order valence-electron chi connectivity index (χ1n) is 4.45. The lowest BCUT2D eigenvalue weighted by Crippen LogP contribution is -1.96. The van der Waals surface area contributed by atoms with Crippen LogP contribution in [0, 0.1) is 11.3 Å². The molecule has 1 heterocycles. The van der Waals surface area contributed by atoms with Gasteiger partial charge in [0.1, 0.15) is 12.4 Å². The van der Waals surface area contributed by atoms with Gasteiger partial charge in [-0.25, -0.2) is 4.98 Å². The Bertz CT molecular complexity index is 511. The van der Waals surface area contributed by atoms with Gasteiger partial charge in [0.25, 0.3) is 0 Å². The van der Waals surface area contributed by atoms with Crippen LogP contribution in [-0.4, -0.2) is 9.55 Å². The summed E-state index contributed by atoms with van der Waals surface area (Å²) in [6.45, 7) is 0.293. The molecule has 0 atom stereocenters. The summed E-state index contributed by atoms with van der Waals surface area (Å²) in [7, 11) is 0. The predicted octanol–water partition coefficient (Wildman–Crippen LogP) is 2.73. The first-order chi connectivity index (χ1) is 7.31. The number of aromatic nitrogens is 2. The van der Waals surface area contributed by atoms with Gasteiger partial charge in [0.05, 0.1) is 6.07 Å². The Morgan fingerprint density at radius 1 is 1.47 bits per heavy atom. The third-order valence-corrected chi connectivity index (χ3v) is 2.27. The van der Waals surface area contributed by atoms with Crippen LogP contribution in [0.2, 0.25) is 5.02 Å².